The van der Waals surface area contributed by atoms with Gasteiger partial charge in [-0.25, -0.2) is 9.97 Å². The van der Waals surface area contributed by atoms with E-state index in [1.165, 1.54) is 6.20 Å². The van der Waals surface area contributed by atoms with Gasteiger partial charge in [-0.2, -0.15) is 0 Å². The van der Waals surface area contributed by atoms with Crippen LogP contribution in [0.2, 0.25) is 5.15 Å². The molecule has 82 valence electrons. The summed E-state index contributed by atoms with van der Waals surface area (Å²) < 4.78 is 0. The second kappa shape index (κ2) is 4.57. The highest BCUT2D eigenvalue weighted by molar-refractivity contribution is 6.29. The molecule has 0 spiro atoms. The summed E-state index contributed by atoms with van der Waals surface area (Å²) in [5.41, 5.74) is -0.425. The first kappa shape index (κ1) is 11.9. The van der Waals surface area contributed by atoms with Gasteiger partial charge in [0.2, 0.25) is 11.9 Å². The lowest BCUT2D eigenvalue weighted by atomic mass is 9.89. The Labute approximate surface area is 94.1 Å². The van der Waals surface area contributed by atoms with Gasteiger partial charge in [-0.1, -0.05) is 32.4 Å². The van der Waals surface area contributed by atoms with Gasteiger partial charge >= 0.3 is 0 Å². The number of carbonyl (C=O) groups excluding carboxylic acids is 1. The van der Waals surface area contributed by atoms with Crippen LogP contribution in [-0.4, -0.2) is 15.9 Å². The molecule has 1 aromatic rings. The highest BCUT2D eigenvalue weighted by Crippen LogP contribution is 2.21. The predicted octanol–water partition coefficient (Wildman–Crippen LogP) is 2.50. The molecule has 0 saturated carbocycles. The lowest BCUT2D eigenvalue weighted by molar-refractivity contribution is -0.124. The lowest BCUT2D eigenvalue weighted by Crippen LogP contribution is -2.30. The molecule has 0 atom stereocenters. The van der Waals surface area contributed by atoms with E-state index in [9.17, 15) is 4.79 Å². The maximum absolute atomic E-state index is 11.7. The molecule has 4 nitrogen and oxygen atoms in total. The number of aromatic nitrogens is 2. The van der Waals surface area contributed by atoms with Crippen LogP contribution in [0.15, 0.2) is 12.3 Å². The third-order valence-electron chi connectivity index (χ3n) is 2.35. The number of nitrogens with zero attached hydrogens (tertiary/aromatic N) is 2. The highest BCUT2D eigenvalue weighted by atomic mass is 35.5. The van der Waals surface area contributed by atoms with Crippen molar-refractivity contribution < 1.29 is 4.79 Å². The summed E-state index contributed by atoms with van der Waals surface area (Å²) >= 11 is 5.67. The van der Waals surface area contributed by atoms with Gasteiger partial charge in [-0.3, -0.25) is 10.1 Å². The maximum atomic E-state index is 11.7. The van der Waals surface area contributed by atoms with Crippen LogP contribution in [0, 0.1) is 5.41 Å². The van der Waals surface area contributed by atoms with Crippen molar-refractivity contribution in [3.8, 4) is 0 Å². The summed E-state index contributed by atoms with van der Waals surface area (Å²) in [7, 11) is 0. The zero-order valence-corrected chi connectivity index (χ0v) is 9.80. The fourth-order valence-electron chi connectivity index (χ4n) is 0.828. The molecular formula is C10H14ClN3O. The van der Waals surface area contributed by atoms with Gasteiger partial charge in [0.25, 0.3) is 0 Å². The molecule has 0 fully saturated rings. The van der Waals surface area contributed by atoms with Crippen LogP contribution >= 0.6 is 11.6 Å². The average Bonchev–Trinajstić information content (AvgIpc) is 2.17. The van der Waals surface area contributed by atoms with Crippen molar-refractivity contribution in [1.29, 1.82) is 0 Å². The highest BCUT2D eigenvalue weighted by Gasteiger charge is 2.25. The predicted molar refractivity (Wildman–Crippen MR) is 59.7 cm³/mol. The zero-order valence-electron chi connectivity index (χ0n) is 9.04. The Morgan fingerprint density at radius 2 is 2.27 bits per heavy atom. The van der Waals surface area contributed by atoms with Crippen molar-refractivity contribution in [3.05, 3.63) is 17.4 Å². The molecule has 1 N–H and O–H groups in total. The van der Waals surface area contributed by atoms with Gasteiger partial charge in [0.05, 0.1) is 0 Å². The maximum Gasteiger partial charge on any atom is 0.232 e. The van der Waals surface area contributed by atoms with Crippen molar-refractivity contribution >= 4 is 23.5 Å². The van der Waals surface area contributed by atoms with E-state index in [-0.39, 0.29) is 11.9 Å². The molecule has 0 aliphatic heterocycles. The molecule has 1 heterocycles. The van der Waals surface area contributed by atoms with Gasteiger partial charge in [0, 0.05) is 11.6 Å². The number of anilines is 1. The van der Waals surface area contributed by atoms with E-state index in [1.54, 1.807) is 6.07 Å². The van der Waals surface area contributed by atoms with E-state index in [2.05, 4.69) is 15.3 Å². The van der Waals surface area contributed by atoms with Crippen LogP contribution in [-0.2, 0) is 4.79 Å². The molecule has 5 heteroatoms. The number of nitrogens with one attached hydrogen (secondary N) is 1. The average molecular weight is 228 g/mol. The van der Waals surface area contributed by atoms with E-state index in [1.807, 2.05) is 20.8 Å². The zero-order chi connectivity index (χ0) is 11.5. The molecule has 0 aromatic carbocycles. The van der Waals surface area contributed by atoms with E-state index < -0.39 is 5.41 Å². The molecule has 0 bridgehead atoms. The monoisotopic (exact) mass is 227 g/mol. The largest absolute Gasteiger partial charge is 0.294 e. The summed E-state index contributed by atoms with van der Waals surface area (Å²) in [4.78, 5) is 19.5. The van der Waals surface area contributed by atoms with Crippen molar-refractivity contribution in [2.45, 2.75) is 27.2 Å². The van der Waals surface area contributed by atoms with E-state index in [0.717, 1.165) is 6.42 Å². The summed E-state index contributed by atoms with van der Waals surface area (Å²) in [6.07, 6.45) is 2.25. The summed E-state index contributed by atoms with van der Waals surface area (Å²) in [6.45, 7) is 5.69. The molecule has 0 aliphatic rings. The summed E-state index contributed by atoms with van der Waals surface area (Å²) in [5, 5.41) is 2.94. The molecule has 1 aromatic heterocycles. The molecule has 1 rings (SSSR count). The molecule has 0 saturated heterocycles. The van der Waals surface area contributed by atoms with Gasteiger partial charge in [0.15, 0.2) is 0 Å². The first-order chi connectivity index (χ1) is 6.95. The smallest absolute Gasteiger partial charge is 0.232 e. The summed E-state index contributed by atoms with van der Waals surface area (Å²) in [6, 6.07) is 1.56. The van der Waals surface area contributed by atoms with Crippen LogP contribution in [0.3, 0.4) is 0 Å². The van der Waals surface area contributed by atoms with Crippen molar-refractivity contribution in [3.63, 3.8) is 0 Å². The third kappa shape index (κ3) is 3.16. The fourth-order valence-corrected chi connectivity index (χ4v) is 0.965. The Bertz CT molecular complexity index is 365. The Morgan fingerprint density at radius 3 is 2.80 bits per heavy atom. The number of halogens is 1. The number of hydrogen-bond donors (Lipinski definition) is 1. The van der Waals surface area contributed by atoms with Gasteiger partial charge < -0.3 is 0 Å². The molecular weight excluding hydrogens is 214 g/mol. The quantitative estimate of drug-likeness (QED) is 0.808. The first-order valence-corrected chi connectivity index (χ1v) is 5.13. The standard InChI is InChI=1S/C10H14ClN3O/c1-4-10(2,3)8(15)14-9-12-6-5-7(11)13-9/h5-6H,4H2,1-3H3,(H,12,13,14,15). The molecule has 0 unspecified atom stereocenters. The number of hydrogen-bond acceptors (Lipinski definition) is 3. The summed E-state index contributed by atoms with van der Waals surface area (Å²) in [5.74, 6) is 0.140. The second-order valence-electron chi connectivity index (χ2n) is 3.89. The molecule has 0 aliphatic carbocycles. The Balaban J connectivity index is 2.75. The minimum atomic E-state index is -0.425. The molecule has 0 radical (unpaired) electrons. The Morgan fingerprint density at radius 1 is 1.60 bits per heavy atom. The number of amides is 1. The van der Waals surface area contributed by atoms with Crippen LogP contribution in [0.1, 0.15) is 27.2 Å². The van der Waals surface area contributed by atoms with E-state index in [0.29, 0.717) is 5.15 Å². The topological polar surface area (TPSA) is 54.9 Å². The van der Waals surface area contributed by atoms with Crippen LogP contribution in [0.5, 0.6) is 0 Å². The van der Waals surface area contributed by atoms with Gasteiger partial charge in [-0.15, -0.1) is 0 Å². The second-order valence-corrected chi connectivity index (χ2v) is 4.28. The van der Waals surface area contributed by atoms with Gasteiger partial charge in [-0.05, 0) is 12.5 Å². The minimum absolute atomic E-state index is 0.104. The Hall–Kier alpha value is -1.16. The van der Waals surface area contributed by atoms with Crippen molar-refractivity contribution in [1.82, 2.24) is 9.97 Å². The van der Waals surface area contributed by atoms with Crippen molar-refractivity contribution in [2.24, 2.45) is 5.41 Å². The normalized spacial score (nSPS) is 11.2. The van der Waals surface area contributed by atoms with E-state index in [4.69, 9.17) is 11.6 Å². The number of rotatable bonds is 3. The molecule has 1 amide bonds. The van der Waals surface area contributed by atoms with Crippen LogP contribution < -0.4 is 5.32 Å². The van der Waals surface area contributed by atoms with E-state index >= 15 is 0 Å². The first-order valence-electron chi connectivity index (χ1n) is 4.75. The Kier molecular flexibility index (Phi) is 3.63. The SMILES string of the molecule is CCC(C)(C)C(=O)Nc1nccc(Cl)n1. The minimum Gasteiger partial charge on any atom is -0.294 e. The van der Waals surface area contributed by atoms with Crippen LogP contribution in [0.4, 0.5) is 5.95 Å². The fraction of sp³-hybridized carbons (Fsp3) is 0.500. The third-order valence-corrected chi connectivity index (χ3v) is 2.56. The van der Waals surface area contributed by atoms with Crippen LogP contribution in [0.25, 0.3) is 0 Å². The number of carbonyl (C=O) groups is 1. The van der Waals surface area contributed by atoms with Crippen molar-refractivity contribution in [2.75, 3.05) is 5.32 Å². The van der Waals surface area contributed by atoms with Gasteiger partial charge in [0.1, 0.15) is 5.15 Å². The lowest BCUT2D eigenvalue weighted by Gasteiger charge is -2.20. The molecule has 15 heavy (non-hydrogen) atoms.